The first-order valence-electron chi connectivity index (χ1n) is 10.6. The maximum absolute atomic E-state index is 12.9. The summed E-state index contributed by atoms with van der Waals surface area (Å²) in [5, 5.41) is 0.266. The third kappa shape index (κ3) is 4.12. The first-order valence-corrected chi connectivity index (χ1v) is 11.0. The molecule has 1 aliphatic carbocycles. The van der Waals surface area contributed by atoms with Crippen molar-refractivity contribution in [3.63, 3.8) is 0 Å². The number of nitrogens with zero attached hydrogens (tertiary/aromatic N) is 2. The number of carbonyl (C=O) groups excluding carboxylic acids is 4. The Hall–Kier alpha value is -3.19. The van der Waals surface area contributed by atoms with E-state index in [4.69, 9.17) is 16.3 Å². The first-order chi connectivity index (χ1) is 15.4. The summed E-state index contributed by atoms with van der Waals surface area (Å²) >= 11 is 6.16. The Kier molecular flexibility index (Phi) is 6.28. The van der Waals surface area contributed by atoms with Crippen molar-refractivity contribution in [3.8, 4) is 0 Å². The zero-order valence-electron chi connectivity index (χ0n) is 17.7. The van der Waals surface area contributed by atoms with Crippen LogP contribution in [0.1, 0.15) is 63.2 Å². The fourth-order valence-electron chi connectivity index (χ4n) is 4.20. The maximum Gasteiger partial charge on any atom is 0.338 e. The van der Waals surface area contributed by atoms with Crippen molar-refractivity contribution < 1.29 is 23.9 Å². The number of rotatable bonds is 5. The Balaban J connectivity index is 1.45. The number of amides is 3. The van der Waals surface area contributed by atoms with Crippen molar-refractivity contribution in [1.82, 2.24) is 4.90 Å². The van der Waals surface area contributed by atoms with Gasteiger partial charge in [0.1, 0.15) is 0 Å². The van der Waals surface area contributed by atoms with Crippen LogP contribution in [0.5, 0.6) is 0 Å². The Morgan fingerprint density at radius 1 is 1.03 bits per heavy atom. The quantitative estimate of drug-likeness (QED) is 0.502. The number of para-hydroxylation sites is 1. The van der Waals surface area contributed by atoms with Crippen LogP contribution >= 0.6 is 11.6 Å². The molecule has 0 radical (unpaired) electrons. The van der Waals surface area contributed by atoms with Crippen molar-refractivity contribution in [2.45, 2.75) is 38.1 Å². The van der Waals surface area contributed by atoms with Crippen LogP contribution in [0.3, 0.4) is 0 Å². The summed E-state index contributed by atoms with van der Waals surface area (Å²) in [6.07, 6.45) is 5.28. The highest BCUT2D eigenvalue weighted by atomic mass is 35.5. The third-order valence-electron chi connectivity index (χ3n) is 6.06. The highest BCUT2D eigenvalue weighted by Crippen LogP contribution is 2.33. The van der Waals surface area contributed by atoms with Gasteiger partial charge >= 0.3 is 5.97 Å². The standard InChI is InChI=1S/C24H23ClN2O5/c1-26(16-7-3-2-4-8-16)21(28)14-32-24(31)15-11-12-17-18(13-15)23(30)27(22(17)29)20-10-6-5-9-19(20)25/h5-6,9-13,16H,2-4,7-8,14H2,1H3. The van der Waals surface area contributed by atoms with Crippen LogP contribution in [-0.4, -0.2) is 48.3 Å². The lowest BCUT2D eigenvalue weighted by atomic mass is 9.94. The molecule has 0 bridgehead atoms. The number of benzene rings is 2. The number of fused-ring (bicyclic) bond motifs is 1. The topological polar surface area (TPSA) is 84.0 Å². The number of hydrogen-bond donors (Lipinski definition) is 0. The van der Waals surface area contributed by atoms with Crippen LogP contribution in [0.4, 0.5) is 5.69 Å². The van der Waals surface area contributed by atoms with Gasteiger partial charge in [-0.3, -0.25) is 14.4 Å². The second-order valence-electron chi connectivity index (χ2n) is 8.03. The highest BCUT2D eigenvalue weighted by Gasteiger charge is 2.38. The average Bonchev–Trinajstić information content (AvgIpc) is 3.07. The van der Waals surface area contributed by atoms with Crippen molar-refractivity contribution in [2.24, 2.45) is 0 Å². The zero-order chi connectivity index (χ0) is 22.8. The SMILES string of the molecule is CN(C(=O)COC(=O)c1ccc2c(c1)C(=O)N(c1ccccc1Cl)C2=O)C1CCCCC1. The molecule has 2 aromatic rings. The molecule has 2 aliphatic rings. The molecule has 3 amide bonds. The van der Waals surface area contributed by atoms with Crippen LogP contribution in [-0.2, 0) is 9.53 Å². The number of anilines is 1. The van der Waals surface area contributed by atoms with Crippen molar-refractivity contribution >= 4 is 41.0 Å². The van der Waals surface area contributed by atoms with Crippen LogP contribution in [0.15, 0.2) is 42.5 Å². The Labute approximate surface area is 190 Å². The monoisotopic (exact) mass is 454 g/mol. The predicted molar refractivity (Wildman–Crippen MR) is 119 cm³/mol. The summed E-state index contributed by atoms with van der Waals surface area (Å²) < 4.78 is 5.19. The van der Waals surface area contributed by atoms with E-state index in [9.17, 15) is 19.2 Å². The third-order valence-corrected chi connectivity index (χ3v) is 6.38. The molecule has 1 aliphatic heterocycles. The lowest BCUT2D eigenvalue weighted by Crippen LogP contribution is -2.40. The second-order valence-corrected chi connectivity index (χ2v) is 8.44. The molecule has 0 aromatic heterocycles. The second kappa shape index (κ2) is 9.12. The molecule has 166 valence electrons. The minimum Gasteiger partial charge on any atom is -0.452 e. The predicted octanol–water partition coefficient (Wildman–Crippen LogP) is 4.09. The molecule has 0 spiro atoms. The number of halogens is 1. The van der Waals surface area contributed by atoms with Gasteiger partial charge in [0.05, 0.1) is 27.4 Å². The van der Waals surface area contributed by atoms with Gasteiger partial charge in [0.15, 0.2) is 6.61 Å². The number of ether oxygens (including phenoxy) is 1. The molecule has 0 unspecified atom stereocenters. The van der Waals surface area contributed by atoms with Crippen LogP contribution in [0, 0.1) is 0 Å². The molecular weight excluding hydrogens is 432 g/mol. The number of carbonyl (C=O) groups is 4. The molecule has 0 atom stereocenters. The van der Waals surface area contributed by atoms with Gasteiger partial charge in [0, 0.05) is 13.1 Å². The fraction of sp³-hybridized carbons (Fsp3) is 0.333. The van der Waals surface area contributed by atoms with Gasteiger partial charge in [-0.05, 0) is 43.2 Å². The molecule has 1 heterocycles. The van der Waals surface area contributed by atoms with Gasteiger partial charge in [-0.15, -0.1) is 0 Å². The van der Waals surface area contributed by atoms with Gasteiger partial charge in [-0.25, -0.2) is 9.69 Å². The number of esters is 1. The summed E-state index contributed by atoms with van der Waals surface area (Å²) in [5.41, 5.74) is 0.648. The van der Waals surface area contributed by atoms with E-state index in [1.165, 1.54) is 24.6 Å². The number of likely N-dealkylation sites (N-methyl/N-ethyl adjacent to an activating group) is 1. The summed E-state index contributed by atoms with van der Waals surface area (Å²) in [6, 6.07) is 10.9. The summed E-state index contributed by atoms with van der Waals surface area (Å²) in [5.74, 6) is -2.07. The van der Waals surface area contributed by atoms with E-state index >= 15 is 0 Å². The van der Waals surface area contributed by atoms with E-state index in [2.05, 4.69) is 0 Å². The van der Waals surface area contributed by atoms with Crippen LogP contribution in [0.2, 0.25) is 5.02 Å². The minimum absolute atomic E-state index is 0.0926. The smallest absolute Gasteiger partial charge is 0.338 e. The van der Waals surface area contributed by atoms with E-state index in [0.29, 0.717) is 0 Å². The zero-order valence-corrected chi connectivity index (χ0v) is 18.4. The van der Waals surface area contributed by atoms with Gasteiger partial charge in [-0.2, -0.15) is 0 Å². The van der Waals surface area contributed by atoms with Crippen LogP contribution < -0.4 is 4.90 Å². The minimum atomic E-state index is -0.727. The molecule has 32 heavy (non-hydrogen) atoms. The van der Waals surface area contributed by atoms with Crippen molar-refractivity contribution in [2.75, 3.05) is 18.6 Å². The van der Waals surface area contributed by atoms with Crippen LogP contribution in [0.25, 0.3) is 0 Å². The van der Waals surface area contributed by atoms with Gasteiger partial charge in [0.2, 0.25) is 0 Å². The highest BCUT2D eigenvalue weighted by molar-refractivity contribution is 6.39. The molecule has 1 fully saturated rings. The molecular formula is C24H23ClN2O5. The fourth-order valence-corrected chi connectivity index (χ4v) is 4.42. The largest absolute Gasteiger partial charge is 0.452 e. The molecule has 7 nitrogen and oxygen atoms in total. The Morgan fingerprint density at radius 3 is 2.44 bits per heavy atom. The summed E-state index contributed by atoms with van der Waals surface area (Å²) in [4.78, 5) is 53.2. The average molecular weight is 455 g/mol. The van der Waals surface area contributed by atoms with Gasteiger partial charge in [-0.1, -0.05) is 43.0 Å². The summed E-state index contributed by atoms with van der Waals surface area (Å²) in [7, 11) is 1.73. The first kappa shape index (κ1) is 22.0. The van der Waals surface area contributed by atoms with E-state index < -0.39 is 17.8 Å². The lowest BCUT2D eigenvalue weighted by molar-refractivity contribution is -0.135. The van der Waals surface area contributed by atoms with E-state index in [1.807, 2.05) is 0 Å². The van der Waals surface area contributed by atoms with Crippen molar-refractivity contribution in [3.05, 3.63) is 64.2 Å². The molecule has 1 saturated carbocycles. The van der Waals surface area contributed by atoms with E-state index in [1.54, 1.807) is 36.2 Å². The Bertz CT molecular complexity index is 1090. The molecule has 0 saturated heterocycles. The molecule has 2 aromatic carbocycles. The molecule has 0 N–H and O–H groups in total. The lowest BCUT2D eigenvalue weighted by Gasteiger charge is -2.31. The molecule has 4 rings (SSSR count). The normalized spacial score (nSPS) is 16.1. The van der Waals surface area contributed by atoms with E-state index in [0.717, 1.165) is 30.6 Å². The molecule has 8 heteroatoms. The maximum atomic E-state index is 12.9. The van der Waals surface area contributed by atoms with Gasteiger partial charge in [0.25, 0.3) is 17.7 Å². The van der Waals surface area contributed by atoms with Crippen molar-refractivity contribution in [1.29, 1.82) is 0 Å². The number of hydrogen-bond acceptors (Lipinski definition) is 5. The summed E-state index contributed by atoms with van der Waals surface area (Å²) in [6.45, 7) is -0.373. The van der Waals surface area contributed by atoms with E-state index in [-0.39, 0.29) is 46.0 Å². The Morgan fingerprint density at radius 2 is 1.72 bits per heavy atom. The number of imide groups is 1. The van der Waals surface area contributed by atoms with Gasteiger partial charge < -0.3 is 9.64 Å².